The Morgan fingerprint density at radius 2 is 2.20 bits per heavy atom. The SMILES string of the molecule is Cc1nc(C2CC2)oc1C(=O)NC1(C(=O)O)CCOC1. The van der Waals surface area contributed by atoms with Gasteiger partial charge in [-0.15, -0.1) is 0 Å². The highest BCUT2D eigenvalue weighted by Crippen LogP contribution is 2.40. The van der Waals surface area contributed by atoms with E-state index in [4.69, 9.17) is 9.15 Å². The third-order valence-electron chi connectivity index (χ3n) is 3.73. The number of hydrogen-bond donors (Lipinski definition) is 2. The molecule has 20 heavy (non-hydrogen) atoms. The normalized spacial score (nSPS) is 25.6. The van der Waals surface area contributed by atoms with Crippen molar-refractivity contribution in [1.29, 1.82) is 0 Å². The van der Waals surface area contributed by atoms with E-state index in [2.05, 4.69) is 10.3 Å². The maximum Gasteiger partial charge on any atom is 0.331 e. The second-order valence-electron chi connectivity index (χ2n) is 5.38. The Hall–Kier alpha value is -1.89. The molecule has 0 bridgehead atoms. The number of nitrogens with one attached hydrogen (secondary N) is 1. The number of oxazole rings is 1. The number of carbonyl (C=O) groups is 2. The molecule has 1 saturated heterocycles. The highest BCUT2D eigenvalue weighted by molar-refractivity contribution is 5.96. The first-order valence-corrected chi connectivity index (χ1v) is 6.63. The zero-order valence-electron chi connectivity index (χ0n) is 11.1. The Labute approximate surface area is 115 Å². The topological polar surface area (TPSA) is 102 Å². The van der Waals surface area contributed by atoms with Crippen LogP contribution >= 0.6 is 0 Å². The van der Waals surface area contributed by atoms with Crippen LogP contribution in [0, 0.1) is 6.92 Å². The van der Waals surface area contributed by atoms with Crippen LogP contribution in [0.1, 0.15) is 47.3 Å². The quantitative estimate of drug-likeness (QED) is 0.847. The summed E-state index contributed by atoms with van der Waals surface area (Å²) in [5.74, 6) is -0.671. The largest absolute Gasteiger partial charge is 0.479 e. The van der Waals surface area contributed by atoms with Gasteiger partial charge in [0.05, 0.1) is 12.3 Å². The summed E-state index contributed by atoms with van der Waals surface area (Å²) >= 11 is 0. The molecule has 7 heteroatoms. The van der Waals surface area contributed by atoms with Crippen LogP contribution in [0.3, 0.4) is 0 Å². The second-order valence-corrected chi connectivity index (χ2v) is 5.38. The van der Waals surface area contributed by atoms with E-state index in [1.807, 2.05) is 0 Å². The molecule has 1 aliphatic heterocycles. The van der Waals surface area contributed by atoms with Crippen molar-refractivity contribution >= 4 is 11.9 Å². The molecule has 1 aromatic rings. The van der Waals surface area contributed by atoms with Gasteiger partial charge in [0.15, 0.2) is 11.4 Å². The lowest BCUT2D eigenvalue weighted by Crippen LogP contribution is -2.55. The molecule has 1 atom stereocenters. The molecular formula is C13H16N2O5. The predicted molar refractivity (Wildman–Crippen MR) is 66.5 cm³/mol. The molecular weight excluding hydrogens is 264 g/mol. The highest BCUT2D eigenvalue weighted by atomic mass is 16.5. The van der Waals surface area contributed by atoms with Crippen molar-refractivity contribution in [2.45, 2.75) is 37.6 Å². The Morgan fingerprint density at radius 1 is 1.45 bits per heavy atom. The zero-order valence-corrected chi connectivity index (χ0v) is 11.1. The van der Waals surface area contributed by atoms with Crippen LogP contribution in [0.25, 0.3) is 0 Å². The average molecular weight is 280 g/mol. The number of hydrogen-bond acceptors (Lipinski definition) is 5. The van der Waals surface area contributed by atoms with E-state index < -0.39 is 17.4 Å². The van der Waals surface area contributed by atoms with Crippen molar-refractivity contribution in [2.75, 3.05) is 13.2 Å². The lowest BCUT2D eigenvalue weighted by Gasteiger charge is -2.22. The van der Waals surface area contributed by atoms with Gasteiger partial charge >= 0.3 is 5.97 Å². The third-order valence-corrected chi connectivity index (χ3v) is 3.73. The van der Waals surface area contributed by atoms with Crippen molar-refractivity contribution in [1.82, 2.24) is 10.3 Å². The molecule has 2 N–H and O–H groups in total. The number of aliphatic carboxylic acids is 1. The van der Waals surface area contributed by atoms with Crippen LogP contribution in [0.4, 0.5) is 0 Å². The molecule has 0 spiro atoms. The molecule has 1 unspecified atom stereocenters. The van der Waals surface area contributed by atoms with Crippen LogP contribution in [-0.4, -0.2) is 40.7 Å². The summed E-state index contributed by atoms with van der Waals surface area (Å²) in [6, 6.07) is 0. The monoisotopic (exact) mass is 280 g/mol. The fraction of sp³-hybridized carbons (Fsp3) is 0.615. The number of carboxylic acid groups (broad SMARTS) is 1. The van der Waals surface area contributed by atoms with E-state index in [1.54, 1.807) is 6.92 Å². The number of aromatic nitrogens is 1. The molecule has 2 heterocycles. The van der Waals surface area contributed by atoms with E-state index >= 15 is 0 Å². The fourth-order valence-corrected chi connectivity index (χ4v) is 2.29. The maximum atomic E-state index is 12.2. The summed E-state index contributed by atoms with van der Waals surface area (Å²) < 4.78 is 10.6. The molecule has 1 saturated carbocycles. The van der Waals surface area contributed by atoms with Crippen molar-refractivity contribution in [2.24, 2.45) is 0 Å². The molecule has 1 amide bonds. The van der Waals surface area contributed by atoms with Crippen molar-refractivity contribution in [3.63, 3.8) is 0 Å². The summed E-state index contributed by atoms with van der Waals surface area (Å²) in [7, 11) is 0. The van der Waals surface area contributed by atoms with E-state index in [-0.39, 0.29) is 18.8 Å². The van der Waals surface area contributed by atoms with E-state index in [0.29, 0.717) is 24.1 Å². The molecule has 3 rings (SSSR count). The minimum Gasteiger partial charge on any atom is -0.479 e. The van der Waals surface area contributed by atoms with Gasteiger partial charge in [-0.2, -0.15) is 0 Å². The number of carboxylic acids is 1. The van der Waals surface area contributed by atoms with Gasteiger partial charge in [-0.25, -0.2) is 9.78 Å². The van der Waals surface area contributed by atoms with Crippen molar-refractivity contribution in [3.05, 3.63) is 17.3 Å². The fourth-order valence-electron chi connectivity index (χ4n) is 2.29. The lowest BCUT2D eigenvalue weighted by atomic mass is 9.99. The molecule has 2 fully saturated rings. The van der Waals surface area contributed by atoms with Gasteiger partial charge in [-0.05, 0) is 19.8 Å². The number of carbonyl (C=O) groups excluding carboxylic acids is 1. The van der Waals surface area contributed by atoms with E-state index in [0.717, 1.165) is 12.8 Å². The number of amides is 1. The zero-order chi connectivity index (χ0) is 14.3. The molecule has 7 nitrogen and oxygen atoms in total. The summed E-state index contributed by atoms with van der Waals surface area (Å²) in [5.41, 5.74) is -0.875. The van der Waals surface area contributed by atoms with Gasteiger partial charge in [0.1, 0.15) is 0 Å². The molecule has 0 radical (unpaired) electrons. The first kappa shape index (κ1) is 13.1. The molecule has 1 aliphatic carbocycles. The molecule has 108 valence electrons. The predicted octanol–water partition coefficient (Wildman–Crippen LogP) is 0.834. The Kier molecular flexibility index (Phi) is 3.01. The summed E-state index contributed by atoms with van der Waals surface area (Å²) in [5, 5.41) is 11.8. The first-order valence-electron chi connectivity index (χ1n) is 6.63. The minimum atomic E-state index is -1.37. The van der Waals surface area contributed by atoms with Gasteiger partial charge < -0.3 is 19.6 Å². The summed E-state index contributed by atoms with van der Waals surface area (Å²) in [4.78, 5) is 27.8. The van der Waals surface area contributed by atoms with Crippen LogP contribution in [-0.2, 0) is 9.53 Å². The Morgan fingerprint density at radius 3 is 2.75 bits per heavy atom. The van der Waals surface area contributed by atoms with E-state index in [9.17, 15) is 14.7 Å². The highest BCUT2D eigenvalue weighted by Gasteiger charge is 2.45. The van der Waals surface area contributed by atoms with E-state index in [1.165, 1.54) is 0 Å². The number of ether oxygens (including phenoxy) is 1. The Balaban J connectivity index is 1.80. The smallest absolute Gasteiger partial charge is 0.331 e. The van der Waals surface area contributed by atoms with Crippen LogP contribution < -0.4 is 5.32 Å². The molecule has 1 aromatic heterocycles. The summed E-state index contributed by atoms with van der Waals surface area (Å²) in [6.07, 6.45) is 2.29. The first-order chi connectivity index (χ1) is 9.52. The Bertz CT molecular complexity index is 555. The van der Waals surface area contributed by atoms with Crippen molar-refractivity contribution < 1.29 is 23.8 Å². The number of aryl methyl sites for hydroxylation is 1. The standard InChI is InChI=1S/C13H16N2O5/c1-7-9(20-11(14-7)8-2-3-8)10(16)15-13(12(17)18)4-5-19-6-13/h8H,2-6H2,1H3,(H,15,16)(H,17,18). The van der Waals surface area contributed by atoms with Gasteiger partial charge in [0, 0.05) is 18.9 Å². The minimum absolute atomic E-state index is 0.0310. The van der Waals surface area contributed by atoms with Gasteiger partial charge in [0.2, 0.25) is 5.76 Å². The molecule has 2 aliphatic rings. The van der Waals surface area contributed by atoms with Gasteiger partial charge in [-0.1, -0.05) is 0 Å². The maximum absolute atomic E-state index is 12.2. The van der Waals surface area contributed by atoms with Gasteiger partial charge in [-0.3, -0.25) is 4.79 Å². The van der Waals surface area contributed by atoms with Gasteiger partial charge in [0.25, 0.3) is 5.91 Å². The third kappa shape index (κ3) is 2.18. The number of rotatable bonds is 4. The summed E-state index contributed by atoms with van der Waals surface area (Å²) in [6.45, 7) is 1.97. The lowest BCUT2D eigenvalue weighted by molar-refractivity contribution is -0.144. The molecule has 0 aromatic carbocycles. The van der Waals surface area contributed by atoms with Crippen LogP contribution in [0.15, 0.2) is 4.42 Å². The van der Waals surface area contributed by atoms with Crippen LogP contribution in [0.2, 0.25) is 0 Å². The second kappa shape index (κ2) is 4.59. The van der Waals surface area contributed by atoms with Crippen molar-refractivity contribution in [3.8, 4) is 0 Å². The van der Waals surface area contributed by atoms with Crippen LogP contribution in [0.5, 0.6) is 0 Å². The number of nitrogens with zero attached hydrogens (tertiary/aromatic N) is 1. The average Bonchev–Trinajstić information content (AvgIpc) is 3.01.